The van der Waals surface area contributed by atoms with Crippen molar-refractivity contribution < 1.29 is 9.59 Å². The molecule has 2 aromatic carbocycles. The van der Waals surface area contributed by atoms with E-state index in [9.17, 15) is 9.59 Å². The zero-order valence-corrected chi connectivity index (χ0v) is 22.9. The van der Waals surface area contributed by atoms with Gasteiger partial charge in [0.1, 0.15) is 12.4 Å². The number of aryl methyl sites for hydroxylation is 2. The second kappa shape index (κ2) is 10.9. The summed E-state index contributed by atoms with van der Waals surface area (Å²) in [5, 5.41) is 12.2. The number of amides is 2. The van der Waals surface area contributed by atoms with Crippen molar-refractivity contribution in [2.24, 2.45) is 0 Å². The number of carbonyl (C=O) groups excluding carboxylic acids is 2. The third-order valence-electron chi connectivity index (χ3n) is 6.44. The van der Waals surface area contributed by atoms with Crippen molar-refractivity contribution in [1.82, 2.24) is 15.1 Å². The number of thioether (sulfide) groups is 1. The van der Waals surface area contributed by atoms with Gasteiger partial charge in [0, 0.05) is 17.7 Å². The molecule has 5 rings (SSSR count). The van der Waals surface area contributed by atoms with Gasteiger partial charge in [0.15, 0.2) is 0 Å². The van der Waals surface area contributed by atoms with E-state index in [-0.39, 0.29) is 29.4 Å². The Morgan fingerprint density at radius 3 is 2.65 bits per heavy atom. The van der Waals surface area contributed by atoms with E-state index in [1.165, 1.54) is 0 Å². The predicted octanol–water partition coefficient (Wildman–Crippen LogP) is 5.91. The lowest BCUT2D eigenvalue weighted by atomic mass is 10.0. The molecule has 37 heavy (non-hydrogen) atoms. The van der Waals surface area contributed by atoms with Crippen LogP contribution in [0.1, 0.15) is 40.8 Å². The molecule has 8 heteroatoms. The smallest absolute Gasteiger partial charge is 0.240 e. The Labute approximate surface area is 225 Å². The van der Waals surface area contributed by atoms with Gasteiger partial charge in [-0.15, -0.1) is 11.8 Å². The van der Waals surface area contributed by atoms with Crippen molar-refractivity contribution in [3.05, 3.63) is 87.6 Å². The van der Waals surface area contributed by atoms with Crippen LogP contribution in [0.25, 0.3) is 16.9 Å². The molecule has 6 nitrogen and oxygen atoms in total. The Morgan fingerprint density at radius 1 is 1.14 bits per heavy atom. The Balaban J connectivity index is 1.79. The first kappa shape index (κ1) is 25.3. The molecule has 4 aromatic rings. The van der Waals surface area contributed by atoms with Gasteiger partial charge in [0.05, 0.1) is 22.4 Å². The van der Waals surface area contributed by atoms with Gasteiger partial charge in [0.25, 0.3) is 0 Å². The average molecular weight is 531 g/mol. The topological polar surface area (TPSA) is 67.2 Å². The minimum atomic E-state index is -0.172. The van der Waals surface area contributed by atoms with Crippen molar-refractivity contribution in [3.63, 3.8) is 0 Å². The Kier molecular flexibility index (Phi) is 7.48. The number of benzene rings is 2. The summed E-state index contributed by atoms with van der Waals surface area (Å²) < 4.78 is 1.88. The Hall–Kier alpha value is -3.36. The minimum Gasteiger partial charge on any atom is -0.355 e. The Bertz CT molecular complexity index is 1410. The number of nitrogens with zero attached hydrogens (tertiary/aromatic N) is 3. The lowest BCUT2D eigenvalue weighted by Gasteiger charge is -2.23. The highest BCUT2D eigenvalue weighted by molar-refractivity contribution is 8.00. The maximum atomic E-state index is 13.7. The van der Waals surface area contributed by atoms with Crippen LogP contribution in [0.15, 0.2) is 65.4 Å². The van der Waals surface area contributed by atoms with Crippen LogP contribution in [0.2, 0.25) is 0 Å². The lowest BCUT2D eigenvalue weighted by molar-refractivity contribution is -0.122. The van der Waals surface area contributed by atoms with E-state index in [0.717, 1.165) is 45.6 Å². The molecule has 2 amide bonds. The van der Waals surface area contributed by atoms with Crippen LogP contribution in [-0.4, -0.2) is 40.4 Å². The molecule has 1 aliphatic rings. The first-order chi connectivity index (χ1) is 18.0. The van der Waals surface area contributed by atoms with E-state index >= 15 is 0 Å². The zero-order valence-electron chi connectivity index (χ0n) is 21.2. The van der Waals surface area contributed by atoms with Crippen LogP contribution in [0, 0.1) is 13.8 Å². The third-order valence-corrected chi connectivity index (χ3v) is 8.39. The molecule has 0 fully saturated rings. The van der Waals surface area contributed by atoms with E-state index in [1.807, 2.05) is 35.9 Å². The molecule has 0 bridgehead atoms. The maximum Gasteiger partial charge on any atom is 0.240 e. The van der Waals surface area contributed by atoms with E-state index in [2.05, 4.69) is 60.3 Å². The highest BCUT2D eigenvalue weighted by Crippen LogP contribution is 2.49. The molecule has 3 heterocycles. The van der Waals surface area contributed by atoms with Crippen molar-refractivity contribution in [2.45, 2.75) is 32.4 Å². The lowest BCUT2D eigenvalue weighted by Crippen LogP contribution is -2.42. The highest BCUT2D eigenvalue weighted by Gasteiger charge is 2.38. The van der Waals surface area contributed by atoms with E-state index in [1.54, 1.807) is 28.0 Å². The molecular formula is C29H30N4O2S2. The number of hydrogen-bond acceptors (Lipinski definition) is 5. The number of rotatable bonds is 7. The van der Waals surface area contributed by atoms with Crippen LogP contribution >= 0.6 is 23.1 Å². The molecule has 0 unspecified atom stereocenters. The molecule has 2 aromatic heterocycles. The number of thiophene rings is 1. The number of fused-ring (bicyclic) bond motifs is 1. The number of aromatic nitrogens is 2. The molecular weight excluding hydrogens is 500 g/mol. The number of nitrogens with one attached hydrogen (secondary N) is 1. The molecule has 0 saturated heterocycles. The largest absolute Gasteiger partial charge is 0.355 e. The molecule has 0 radical (unpaired) electrons. The predicted molar refractivity (Wildman–Crippen MR) is 153 cm³/mol. The Morgan fingerprint density at radius 2 is 1.95 bits per heavy atom. The minimum absolute atomic E-state index is 0.0480. The van der Waals surface area contributed by atoms with Gasteiger partial charge in [-0.3, -0.25) is 14.5 Å². The standard InChI is InChI=1S/C29H30N4O2S2/c1-4-13-30-24(34)16-32-25(35)18-37-28(22-12-14-36-17-22)26-27(21-8-6-5-7-9-21)31-33(29(26)32)23-11-10-19(2)15-20(23)3/h5-12,14-15,17,28H,4,13,16,18H2,1-3H3,(H,30,34)/t28-/m1/s1. The molecule has 1 N–H and O–H groups in total. The van der Waals surface area contributed by atoms with Gasteiger partial charge in [0.2, 0.25) is 11.8 Å². The number of anilines is 1. The third kappa shape index (κ3) is 5.08. The van der Waals surface area contributed by atoms with Gasteiger partial charge < -0.3 is 5.32 Å². The molecule has 190 valence electrons. The number of hydrogen-bond donors (Lipinski definition) is 1. The van der Waals surface area contributed by atoms with Gasteiger partial charge in [-0.1, -0.05) is 55.0 Å². The van der Waals surface area contributed by atoms with Crippen molar-refractivity contribution in [3.8, 4) is 16.9 Å². The van der Waals surface area contributed by atoms with Crippen molar-refractivity contribution in [1.29, 1.82) is 0 Å². The normalized spacial score (nSPS) is 15.4. The van der Waals surface area contributed by atoms with Crippen LogP contribution in [0.4, 0.5) is 5.82 Å². The van der Waals surface area contributed by atoms with Gasteiger partial charge in [-0.25, -0.2) is 4.68 Å². The first-order valence-electron chi connectivity index (χ1n) is 12.4. The summed E-state index contributed by atoms with van der Waals surface area (Å²) in [6, 6.07) is 18.4. The summed E-state index contributed by atoms with van der Waals surface area (Å²) in [5.41, 5.74) is 7.01. The second-order valence-corrected chi connectivity index (χ2v) is 11.1. The van der Waals surface area contributed by atoms with Crippen molar-refractivity contribution in [2.75, 3.05) is 23.7 Å². The monoisotopic (exact) mass is 530 g/mol. The quantitative estimate of drug-likeness (QED) is 0.322. The van der Waals surface area contributed by atoms with Crippen LogP contribution in [0.3, 0.4) is 0 Å². The SMILES string of the molecule is CCCNC(=O)CN1C(=O)CS[C@H](c2ccsc2)c2c(-c3ccccc3)nn(-c3ccc(C)cc3C)c21. The second-order valence-electron chi connectivity index (χ2n) is 9.23. The molecule has 1 aliphatic heterocycles. The summed E-state index contributed by atoms with van der Waals surface area (Å²) >= 11 is 3.24. The van der Waals surface area contributed by atoms with Gasteiger partial charge >= 0.3 is 0 Å². The fraction of sp³-hybridized carbons (Fsp3) is 0.276. The molecule has 1 atom stereocenters. The van der Waals surface area contributed by atoms with E-state index in [0.29, 0.717) is 12.4 Å². The number of carbonyl (C=O) groups is 2. The summed E-state index contributed by atoms with van der Waals surface area (Å²) in [5.74, 6) is 0.678. The molecule has 0 spiro atoms. The summed E-state index contributed by atoms with van der Waals surface area (Å²) in [6.07, 6.45) is 0.833. The van der Waals surface area contributed by atoms with Gasteiger partial charge in [-0.05, 0) is 54.3 Å². The van der Waals surface area contributed by atoms with Crippen molar-refractivity contribution >= 4 is 40.7 Å². The average Bonchev–Trinajstić information content (AvgIpc) is 3.53. The van der Waals surface area contributed by atoms with Crippen LogP contribution < -0.4 is 10.2 Å². The highest BCUT2D eigenvalue weighted by atomic mass is 32.2. The first-order valence-corrected chi connectivity index (χ1v) is 14.4. The van der Waals surface area contributed by atoms with E-state index < -0.39 is 0 Å². The molecule has 0 aliphatic carbocycles. The van der Waals surface area contributed by atoms with Crippen LogP contribution in [-0.2, 0) is 9.59 Å². The fourth-order valence-electron chi connectivity index (χ4n) is 4.69. The van der Waals surface area contributed by atoms with Gasteiger partial charge in [-0.2, -0.15) is 16.4 Å². The summed E-state index contributed by atoms with van der Waals surface area (Å²) in [6.45, 7) is 6.66. The molecule has 0 saturated carbocycles. The fourth-order valence-corrected chi connectivity index (χ4v) is 6.65. The van der Waals surface area contributed by atoms with E-state index in [4.69, 9.17) is 5.10 Å². The summed E-state index contributed by atoms with van der Waals surface area (Å²) in [4.78, 5) is 28.2. The summed E-state index contributed by atoms with van der Waals surface area (Å²) in [7, 11) is 0. The zero-order chi connectivity index (χ0) is 25.9. The maximum absolute atomic E-state index is 13.7. The van der Waals surface area contributed by atoms with Crippen LogP contribution in [0.5, 0.6) is 0 Å².